The van der Waals surface area contributed by atoms with Crippen molar-refractivity contribution in [3.63, 3.8) is 0 Å². The maximum absolute atomic E-state index is 4.33. The van der Waals surface area contributed by atoms with Crippen LogP contribution in [0.2, 0.25) is 0 Å². The van der Waals surface area contributed by atoms with Crippen LogP contribution in [0.25, 0.3) is 0 Å². The molecule has 2 rings (SSSR count). The van der Waals surface area contributed by atoms with Gasteiger partial charge in [-0.05, 0) is 52.0 Å². The molecule has 0 bridgehead atoms. The number of nitrogens with one attached hydrogen (secondary N) is 1. The quantitative estimate of drug-likeness (QED) is 0.632. The number of nitrogens with zero attached hydrogens (tertiary/aromatic N) is 1. The van der Waals surface area contributed by atoms with Gasteiger partial charge < -0.3 is 5.32 Å². The molecule has 1 N–H and O–H groups in total. The van der Waals surface area contributed by atoms with Crippen LogP contribution in [0, 0.1) is 6.92 Å². The number of halogens is 1. The molecule has 0 aromatic carbocycles. The van der Waals surface area contributed by atoms with Crippen molar-refractivity contribution in [2.24, 2.45) is 0 Å². The van der Waals surface area contributed by atoms with Gasteiger partial charge in [-0.2, -0.15) is 0 Å². The second-order valence-electron chi connectivity index (χ2n) is 3.87. The van der Waals surface area contributed by atoms with Gasteiger partial charge in [-0.1, -0.05) is 0 Å². The summed E-state index contributed by atoms with van der Waals surface area (Å²) in [7, 11) is 0. The van der Waals surface area contributed by atoms with Gasteiger partial charge in [0, 0.05) is 34.4 Å². The molecule has 0 aliphatic rings. The van der Waals surface area contributed by atoms with Gasteiger partial charge in [-0.25, -0.2) is 4.98 Å². The maximum atomic E-state index is 4.33. The lowest BCUT2D eigenvalue weighted by Gasteiger charge is -2.04. The van der Waals surface area contributed by atoms with Crippen LogP contribution < -0.4 is 5.32 Å². The second kappa shape index (κ2) is 7.28. The monoisotopic (exact) mass is 342 g/mol. The topological polar surface area (TPSA) is 24.9 Å². The summed E-state index contributed by atoms with van der Waals surface area (Å²) in [6.45, 7) is 4.13. The highest BCUT2D eigenvalue weighted by atomic mass is 79.9. The Morgan fingerprint density at radius 1 is 1.39 bits per heavy atom. The minimum atomic E-state index is 0.970. The molecular weight excluding hydrogens is 328 g/mol. The van der Waals surface area contributed by atoms with E-state index in [-0.39, 0.29) is 0 Å². The standard InChI is InChI=1S/C13H15BrN2S2/c1-10-4-6-17-12(10)9-15-5-7-18-13-3-2-11(14)8-16-13/h2-4,6,8,15H,5,7,9H2,1H3. The highest BCUT2D eigenvalue weighted by Gasteiger charge is 1.99. The molecule has 0 atom stereocenters. The third kappa shape index (κ3) is 4.39. The lowest BCUT2D eigenvalue weighted by atomic mass is 10.3. The minimum absolute atomic E-state index is 0.970. The zero-order valence-corrected chi connectivity index (χ0v) is 13.4. The molecule has 0 aliphatic heterocycles. The largest absolute Gasteiger partial charge is 0.311 e. The fraction of sp³-hybridized carbons (Fsp3) is 0.308. The summed E-state index contributed by atoms with van der Waals surface area (Å²) in [6.07, 6.45) is 1.84. The number of hydrogen-bond donors (Lipinski definition) is 1. The Labute approximate surface area is 124 Å². The number of aryl methyl sites for hydroxylation is 1. The van der Waals surface area contributed by atoms with Gasteiger partial charge in [0.2, 0.25) is 0 Å². The van der Waals surface area contributed by atoms with Crippen molar-refractivity contribution >= 4 is 39.0 Å². The lowest BCUT2D eigenvalue weighted by molar-refractivity contribution is 0.738. The molecule has 0 spiro atoms. The van der Waals surface area contributed by atoms with Gasteiger partial charge in [0.1, 0.15) is 0 Å². The summed E-state index contributed by atoms with van der Waals surface area (Å²) in [4.78, 5) is 5.76. The van der Waals surface area contributed by atoms with E-state index >= 15 is 0 Å². The van der Waals surface area contributed by atoms with Crippen LogP contribution in [0.15, 0.2) is 39.3 Å². The maximum Gasteiger partial charge on any atom is 0.0961 e. The van der Waals surface area contributed by atoms with Gasteiger partial charge in [0.15, 0.2) is 0 Å². The molecule has 96 valence electrons. The van der Waals surface area contributed by atoms with E-state index < -0.39 is 0 Å². The number of pyridine rings is 1. The van der Waals surface area contributed by atoms with E-state index in [1.165, 1.54) is 10.4 Å². The van der Waals surface area contributed by atoms with Crippen molar-refractivity contribution in [1.82, 2.24) is 10.3 Å². The summed E-state index contributed by atoms with van der Waals surface area (Å²) in [5.74, 6) is 1.04. The molecule has 2 aromatic heterocycles. The van der Waals surface area contributed by atoms with E-state index in [2.05, 4.69) is 44.6 Å². The average Bonchev–Trinajstić information content (AvgIpc) is 2.77. The van der Waals surface area contributed by atoms with Crippen molar-refractivity contribution in [3.8, 4) is 0 Å². The fourth-order valence-electron chi connectivity index (χ4n) is 1.46. The molecular formula is C13H15BrN2S2. The molecule has 0 saturated heterocycles. The summed E-state index contributed by atoms with van der Waals surface area (Å²) in [5, 5.41) is 6.68. The molecule has 18 heavy (non-hydrogen) atoms. The van der Waals surface area contributed by atoms with Crippen LogP contribution in [0.1, 0.15) is 10.4 Å². The van der Waals surface area contributed by atoms with Crippen molar-refractivity contribution in [2.45, 2.75) is 18.5 Å². The van der Waals surface area contributed by atoms with Crippen molar-refractivity contribution in [1.29, 1.82) is 0 Å². The Kier molecular flexibility index (Phi) is 5.69. The summed E-state index contributed by atoms with van der Waals surface area (Å²) >= 11 is 6.98. The second-order valence-corrected chi connectivity index (χ2v) is 6.90. The Hall–Kier alpha value is -0.360. The Morgan fingerprint density at radius 2 is 2.28 bits per heavy atom. The number of aromatic nitrogens is 1. The van der Waals surface area contributed by atoms with E-state index in [4.69, 9.17) is 0 Å². The Balaban J connectivity index is 1.64. The van der Waals surface area contributed by atoms with E-state index in [0.29, 0.717) is 0 Å². The van der Waals surface area contributed by atoms with Gasteiger partial charge in [-0.15, -0.1) is 23.1 Å². The molecule has 0 unspecified atom stereocenters. The summed E-state index contributed by atoms with van der Waals surface area (Å²) < 4.78 is 1.03. The predicted octanol–water partition coefficient (Wildman–Crippen LogP) is 4.10. The van der Waals surface area contributed by atoms with Crippen LogP contribution in [0.5, 0.6) is 0 Å². The van der Waals surface area contributed by atoms with E-state index in [0.717, 1.165) is 28.3 Å². The lowest BCUT2D eigenvalue weighted by Crippen LogP contribution is -2.16. The first kappa shape index (κ1) is 14.1. The van der Waals surface area contributed by atoms with Gasteiger partial charge in [0.25, 0.3) is 0 Å². The Morgan fingerprint density at radius 3 is 2.94 bits per heavy atom. The normalized spacial score (nSPS) is 10.8. The number of rotatable bonds is 6. The van der Waals surface area contributed by atoms with E-state index in [1.807, 2.05) is 29.7 Å². The summed E-state index contributed by atoms with van der Waals surface area (Å²) in [5.41, 5.74) is 1.38. The molecule has 2 heterocycles. The first-order valence-electron chi connectivity index (χ1n) is 5.74. The third-order valence-corrected chi connectivity index (χ3v) is 4.92. The van der Waals surface area contributed by atoms with Gasteiger partial charge >= 0.3 is 0 Å². The van der Waals surface area contributed by atoms with Crippen LogP contribution in [0.4, 0.5) is 0 Å². The summed E-state index contributed by atoms with van der Waals surface area (Å²) in [6, 6.07) is 6.23. The molecule has 2 nitrogen and oxygen atoms in total. The molecule has 2 aromatic rings. The molecule has 0 radical (unpaired) electrons. The highest BCUT2D eigenvalue weighted by Crippen LogP contribution is 2.17. The number of hydrogen-bond acceptors (Lipinski definition) is 4. The molecule has 0 fully saturated rings. The molecule has 5 heteroatoms. The molecule has 0 aliphatic carbocycles. The van der Waals surface area contributed by atoms with Crippen molar-refractivity contribution < 1.29 is 0 Å². The molecule has 0 amide bonds. The predicted molar refractivity (Wildman–Crippen MR) is 83.4 cm³/mol. The average molecular weight is 343 g/mol. The minimum Gasteiger partial charge on any atom is -0.311 e. The Bertz CT molecular complexity index is 482. The third-order valence-electron chi connectivity index (χ3n) is 2.48. The number of thioether (sulfide) groups is 1. The van der Waals surface area contributed by atoms with Crippen molar-refractivity contribution in [2.75, 3.05) is 12.3 Å². The number of thiophene rings is 1. The van der Waals surface area contributed by atoms with Crippen LogP contribution >= 0.6 is 39.0 Å². The van der Waals surface area contributed by atoms with E-state index in [9.17, 15) is 0 Å². The van der Waals surface area contributed by atoms with Crippen LogP contribution in [-0.4, -0.2) is 17.3 Å². The smallest absolute Gasteiger partial charge is 0.0961 e. The van der Waals surface area contributed by atoms with Crippen LogP contribution in [-0.2, 0) is 6.54 Å². The van der Waals surface area contributed by atoms with Crippen LogP contribution in [0.3, 0.4) is 0 Å². The first-order valence-corrected chi connectivity index (χ1v) is 8.39. The van der Waals surface area contributed by atoms with Crippen molar-refractivity contribution in [3.05, 3.63) is 44.7 Å². The molecule has 0 saturated carbocycles. The SMILES string of the molecule is Cc1ccsc1CNCCSc1ccc(Br)cn1. The highest BCUT2D eigenvalue weighted by molar-refractivity contribution is 9.10. The first-order chi connectivity index (χ1) is 8.75. The van der Waals surface area contributed by atoms with Gasteiger partial charge in [0.05, 0.1) is 5.03 Å². The van der Waals surface area contributed by atoms with E-state index in [1.54, 1.807) is 11.8 Å². The zero-order chi connectivity index (χ0) is 12.8. The zero-order valence-electron chi connectivity index (χ0n) is 10.1. The fourth-order valence-corrected chi connectivity index (χ4v) is 3.32. The van der Waals surface area contributed by atoms with Gasteiger partial charge in [-0.3, -0.25) is 0 Å².